The highest BCUT2D eigenvalue weighted by Gasteiger charge is 2.45. The van der Waals surface area contributed by atoms with Crippen LogP contribution in [0.2, 0.25) is 5.02 Å². The monoisotopic (exact) mass is 1110 g/mol. The van der Waals surface area contributed by atoms with Gasteiger partial charge in [-0.25, -0.2) is 0 Å². The molecule has 8 rings (SSSR count). The molecule has 77 heavy (non-hydrogen) atoms. The lowest BCUT2D eigenvalue weighted by Crippen LogP contribution is -2.59. The molecular formula is C53H61ClN12O9S2. The number of aliphatic imine (C=N–C) groups is 1. The second-order valence-electron chi connectivity index (χ2n) is 20.5. The number of halogens is 1. The van der Waals surface area contributed by atoms with Crippen LogP contribution < -0.4 is 37.2 Å². The van der Waals surface area contributed by atoms with Gasteiger partial charge in [-0.1, -0.05) is 68.8 Å². The van der Waals surface area contributed by atoms with Gasteiger partial charge in [0.05, 0.1) is 31.3 Å². The van der Waals surface area contributed by atoms with Gasteiger partial charge in [0.25, 0.3) is 0 Å². The number of nitrogens with one attached hydrogen (secondary N) is 7. The van der Waals surface area contributed by atoms with E-state index in [1.807, 2.05) is 48.9 Å². The van der Waals surface area contributed by atoms with Gasteiger partial charge in [-0.05, 0) is 85.9 Å². The topological polar surface area (TPSA) is 287 Å². The van der Waals surface area contributed by atoms with Crippen molar-refractivity contribution in [1.29, 1.82) is 0 Å². The number of aryl methyl sites for hydroxylation is 3. The van der Waals surface area contributed by atoms with Crippen LogP contribution in [-0.4, -0.2) is 134 Å². The number of carbonyl (C=O) groups is 8. The van der Waals surface area contributed by atoms with E-state index in [9.17, 15) is 43.5 Å². The van der Waals surface area contributed by atoms with E-state index in [1.54, 1.807) is 75.4 Å². The summed E-state index contributed by atoms with van der Waals surface area (Å²) in [7, 11) is 0. The molecule has 2 aromatic carbocycles. The second kappa shape index (κ2) is 23.1. The fourth-order valence-electron chi connectivity index (χ4n) is 9.39. The van der Waals surface area contributed by atoms with Crippen LogP contribution in [-0.2, 0) is 38.4 Å². The first-order valence-electron chi connectivity index (χ1n) is 25.0. The number of hydrogen-bond donors (Lipinski definition) is 8. The summed E-state index contributed by atoms with van der Waals surface area (Å²) in [4.78, 5) is 120. The first-order valence-corrected chi connectivity index (χ1v) is 27.1. The molecule has 0 bridgehead atoms. The Bertz CT molecular complexity index is 3160. The van der Waals surface area contributed by atoms with Crippen molar-refractivity contribution in [2.45, 2.75) is 111 Å². The molecule has 3 aliphatic heterocycles. The molecule has 0 saturated carbocycles. The molecule has 21 nitrogen and oxygen atoms in total. The van der Waals surface area contributed by atoms with Gasteiger partial charge < -0.3 is 47.2 Å². The Balaban J connectivity index is 1.07. The molecule has 5 aromatic rings. The molecular weight excluding hydrogens is 1050 g/mol. The maximum absolute atomic E-state index is 14.3. The van der Waals surface area contributed by atoms with Crippen molar-refractivity contribution in [3.05, 3.63) is 109 Å². The molecule has 3 aliphatic rings. The van der Waals surface area contributed by atoms with Crippen LogP contribution in [0, 0.1) is 33.1 Å². The molecule has 406 valence electrons. The van der Waals surface area contributed by atoms with Crippen LogP contribution in [0.15, 0.2) is 65.0 Å². The summed E-state index contributed by atoms with van der Waals surface area (Å²) >= 11 is 9.36. The number of fused-ring (bicyclic) bond motifs is 4. The number of aromatic nitrogens is 3. The molecule has 0 spiro atoms. The lowest BCUT2D eigenvalue weighted by Gasteiger charge is -2.35. The zero-order valence-electron chi connectivity index (χ0n) is 43.7. The summed E-state index contributed by atoms with van der Waals surface area (Å²) in [6, 6.07) is 8.37. The standard InChI is InChI=1S/C53H61ClN12O9S2/c1-25-17-18-76-44(25)32-11-9-31(10-12-32)43-50(74)57-22-39(69)59-36(48(72)58-27(3)47(71)56-23-40(70)61-45(53(6,7)8)51(75)65-24-34(67)19-37(65)49(73)62-43)21-55-38(68)20-35-46-64-63-29(5)66(46)52-41(26(2)28(4)77-52)42(60-35)30-13-15-33(54)16-14-30/h9-18,27,34-37,43,45,67H,19-24H2,1-8H3,(H,55,68)(H,56,71)(H,57,74)(H,58,72)(H,59,69)(H,61,70)(H,62,73)/t27-,34+,35-,36+,37-,43+,45+/m0/s1. The van der Waals surface area contributed by atoms with E-state index in [-0.39, 0.29) is 19.4 Å². The van der Waals surface area contributed by atoms with E-state index >= 15 is 0 Å². The highest BCUT2D eigenvalue weighted by molar-refractivity contribution is 7.15. The average molecular weight is 1110 g/mol. The number of hydrogen-bond acceptors (Lipinski definition) is 14. The molecule has 8 N–H and O–H groups in total. The largest absolute Gasteiger partial charge is 0.391 e. The highest BCUT2D eigenvalue weighted by Crippen LogP contribution is 2.40. The van der Waals surface area contributed by atoms with Crippen molar-refractivity contribution >= 4 is 87.2 Å². The lowest BCUT2D eigenvalue weighted by molar-refractivity contribution is -0.144. The van der Waals surface area contributed by atoms with Crippen LogP contribution in [0.1, 0.15) is 97.0 Å². The third-order valence-electron chi connectivity index (χ3n) is 13.7. The highest BCUT2D eigenvalue weighted by atomic mass is 35.5. The lowest BCUT2D eigenvalue weighted by atomic mass is 9.85. The Morgan fingerprint density at radius 1 is 0.818 bits per heavy atom. The average Bonchev–Trinajstić information content (AvgIpc) is 4.21. The van der Waals surface area contributed by atoms with Crippen molar-refractivity contribution in [1.82, 2.24) is 56.9 Å². The van der Waals surface area contributed by atoms with E-state index in [0.29, 0.717) is 27.9 Å². The van der Waals surface area contributed by atoms with Crippen molar-refractivity contribution in [2.24, 2.45) is 10.4 Å². The third kappa shape index (κ3) is 12.4. The number of carbonyl (C=O) groups excluding carboxylic acids is 8. The molecule has 8 amide bonds. The van der Waals surface area contributed by atoms with E-state index in [2.05, 4.69) is 47.4 Å². The number of nitrogens with zero attached hydrogens (tertiary/aromatic N) is 5. The number of rotatable bonds is 7. The normalized spacial score (nSPS) is 23.1. The van der Waals surface area contributed by atoms with Crippen LogP contribution in [0.25, 0.3) is 15.4 Å². The summed E-state index contributed by atoms with van der Waals surface area (Å²) in [5.41, 5.74) is 4.48. The van der Waals surface area contributed by atoms with Crippen LogP contribution in [0.5, 0.6) is 0 Å². The fraction of sp³-hybridized carbons (Fsp3) is 0.415. The number of benzene rings is 2. The Morgan fingerprint density at radius 3 is 2.14 bits per heavy atom. The Morgan fingerprint density at radius 2 is 1.48 bits per heavy atom. The second-order valence-corrected chi connectivity index (χ2v) is 23.0. The molecule has 7 atom stereocenters. The predicted molar refractivity (Wildman–Crippen MR) is 289 cm³/mol. The van der Waals surface area contributed by atoms with Gasteiger partial charge in [0.2, 0.25) is 47.3 Å². The van der Waals surface area contributed by atoms with E-state index in [0.717, 1.165) is 47.5 Å². The number of aliphatic hydroxyl groups excluding tert-OH is 1. The van der Waals surface area contributed by atoms with Gasteiger partial charge in [0.1, 0.15) is 47.1 Å². The van der Waals surface area contributed by atoms with E-state index in [1.165, 1.54) is 18.3 Å². The number of aliphatic hydroxyl groups is 1. The quantitative estimate of drug-likeness (QED) is 0.117. The zero-order chi connectivity index (χ0) is 55.6. The molecule has 24 heteroatoms. The Kier molecular flexibility index (Phi) is 16.8. The van der Waals surface area contributed by atoms with Gasteiger partial charge in [0, 0.05) is 45.4 Å². The Labute approximate surface area is 457 Å². The minimum atomic E-state index is -1.54. The maximum Gasteiger partial charge on any atom is 0.247 e. The smallest absolute Gasteiger partial charge is 0.247 e. The summed E-state index contributed by atoms with van der Waals surface area (Å²) in [5.74, 6) is -5.28. The van der Waals surface area contributed by atoms with Crippen molar-refractivity contribution < 1.29 is 43.5 Å². The molecule has 3 aromatic heterocycles. The summed E-state index contributed by atoms with van der Waals surface area (Å²) in [6.45, 7) is 12.1. The van der Waals surface area contributed by atoms with Crippen molar-refractivity contribution in [2.75, 3.05) is 26.2 Å². The molecule has 0 aliphatic carbocycles. The first kappa shape index (κ1) is 55.9. The van der Waals surface area contributed by atoms with E-state index < -0.39 is 115 Å². The van der Waals surface area contributed by atoms with E-state index in [4.69, 9.17) is 16.6 Å². The fourth-order valence-corrected chi connectivity index (χ4v) is 11.7. The van der Waals surface area contributed by atoms with Crippen LogP contribution >= 0.6 is 34.3 Å². The van der Waals surface area contributed by atoms with Crippen LogP contribution in [0.4, 0.5) is 0 Å². The first-order chi connectivity index (χ1) is 36.5. The number of amides is 8. The summed E-state index contributed by atoms with van der Waals surface area (Å²) < 4.78 is 1.88. The molecule has 2 saturated heterocycles. The van der Waals surface area contributed by atoms with Gasteiger partial charge in [-0.2, -0.15) is 0 Å². The van der Waals surface area contributed by atoms with Crippen molar-refractivity contribution in [3.63, 3.8) is 0 Å². The summed E-state index contributed by atoms with van der Waals surface area (Å²) in [5, 5.41) is 41.2. The van der Waals surface area contributed by atoms with Gasteiger partial charge in [-0.15, -0.1) is 32.9 Å². The minimum Gasteiger partial charge on any atom is -0.391 e. The van der Waals surface area contributed by atoms with Gasteiger partial charge >= 0.3 is 0 Å². The van der Waals surface area contributed by atoms with Gasteiger partial charge in [0.15, 0.2) is 5.82 Å². The van der Waals surface area contributed by atoms with Crippen LogP contribution in [0.3, 0.4) is 0 Å². The SMILES string of the molecule is Cc1ccsc1-c1ccc([C@H]2NC(=O)[C@@H]3C[C@@H](O)CN3C(=O)[C@H](C(C)(C)C)NC(=O)CNC(=O)[C@H](C)NC(=O)[C@@H](CNC(=O)C[C@@H]3N=C(c4ccc(Cl)cc4)c4c(sc(C)c4C)-n4c(C)nnc43)NC(=O)CNC2=O)cc1. The van der Waals surface area contributed by atoms with Gasteiger partial charge in [-0.3, -0.25) is 47.9 Å². The molecule has 2 fully saturated rings. The molecule has 6 heterocycles. The predicted octanol–water partition coefficient (Wildman–Crippen LogP) is 2.93. The Hall–Kier alpha value is -7.34. The molecule has 0 unspecified atom stereocenters. The molecule has 0 radical (unpaired) electrons. The van der Waals surface area contributed by atoms with Crippen molar-refractivity contribution in [3.8, 4) is 15.4 Å². The summed E-state index contributed by atoms with van der Waals surface area (Å²) in [6.07, 6.45) is -1.58. The third-order valence-corrected chi connectivity index (χ3v) is 16.2. The number of thiophene rings is 2. The maximum atomic E-state index is 14.3. The zero-order valence-corrected chi connectivity index (χ0v) is 46.1. The minimum absolute atomic E-state index is 0.183.